The number of hydrogen-bond donors (Lipinski definition) is 1. The molecule has 3 rings (SSSR count). The molecule has 1 N–H and O–H groups in total. The predicted molar refractivity (Wildman–Crippen MR) is 123 cm³/mol. The van der Waals surface area contributed by atoms with Crippen LogP contribution in [0.4, 0.5) is 4.39 Å². The highest BCUT2D eigenvalue weighted by atomic mass is 79.9. The highest BCUT2D eigenvalue weighted by Gasteiger charge is 2.24. The number of piperidine rings is 1. The van der Waals surface area contributed by atoms with Crippen molar-refractivity contribution >= 4 is 45.2 Å². The number of rotatable bonds is 8. The molecule has 2 aromatic rings. The lowest BCUT2D eigenvalue weighted by atomic mass is 9.95. The molecule has 0 atom stereocenters. The van der Waals surface area contributed by atoms with Crippen LogP contribution in [-0.4, -0.2) is 36.2 Å². The zero-order chi connectivity index (χ0) is 20.6. The number of amides is 1. The van der Waals surface area contributed by atoms with E-state index >= 15 is 0 Å². The first-order valence-electron chi connectivity index (χ1n) is 9.78. The number of hydrogen-bond acceptors (Lipinski definition) is 3. The molecule has 29 heavy (non-hydrogen) atoms. The van der Waals surface area contributed by atoms with Crippen molar-refractivity contribution in [2.45, 2.75) is 25.1 Å². The van der Waals surface area contributed by atoms with Gasteiger partial charge in [0.2, 0.25) is 5.91 Å². The van der Waals surface area contributed by atoms with Gasteiger partial charge >= 0.3 is 0 Å². The summed E-state index contributed by atoms with van der Waals surface area (Å²) in [5.74, 6) is 1.19. The van der Waals surface area contributed by atoms with Crippen molar-refractivity contribution in [3.8, 4) is 0 Å². The van der Waals surface area contributed by atoms with Gasteiger partial charge in [-0.2, -0.15) is 11.8 Å². The number of carbonyl (C=O) groups is 1. The summed E-state index contributed by atoms with van der Waals surface area (Å²) < 4.78 is 14.8. The molecule has 1 heterocycles. The topological polar surface area (TPSA) is 32.3 Å². The minimum absolute atomic E-state index is 0.0831. The zero-order valence-electron chi connectivity index (χ0n) is 16.2. The van der Waals surface area contributed by atoms with E-state index in [1.165, 1.54) is 11.6 Å². The van der Waals surface area contributed by atoms with Gasteiger partial charge in [-0.05, 0) is 55.8 Å². The molecule has 0 saturated carbocycles. The van der Waals surface area contributed by atoms with Gasteiger partial charge in [0.15, 0.2) is 0 Å². The van der Waals surface area contributed by atoms with Crippen molar-refractivity contribution in [2.24, 2.45) is 5.92 Å². The number of halogens is 3. The van der Waals surface area contributed by atoms with E-state index in [9.17, 15) is 9.18 Å². The van der Waals surface area contributed by atoms with Crippen LogP contribution in [0.25, 0.3) is 0 Å². The first-order chi connectivity index (χ1) is 14.0. The summed E-state index contributed by atoms with van der Waals surface area (Å²) in [5, 5.41) is 3.48. The van der Waals surface area contributed by atoms with Gasteiger partial charge in [-0.15, -0.1) is 0 Å². The van der Waals surface area contributed by atoms with Crippen LogP contribution in [0.15, 0.2) is 46.9 Å². The predicted octanol–water partition coefficient (Wildman–Crippen LogP) is 5.50. The Morgan fingerprint density at radius 3 is 2.72 bits per heavy atom. The van der Waals surface area contributed by atoms with Crippen molar-refractivity contribution in [2.75, 3.05) is 25.4 Å². The van der Waals surface area contributed by atoms with Gasteiger partial charge in [0.25, 0.3) is 0 Å². The number of likely N-dealkylation sites (tertiary alicyclic amines) is 1. The van der Waals surface area contributed by atoms with Crippen LogP contribution in [-0.2, 0) is 17.1 Å². The van der Waals surface area contributed by atoms with Crippen LogP contribution >= 0.6 is 39.3 Å². The van der Waals surface area contributed by atoms with E-state index in [4.69, 9.17) is 11.6 Å². The van der Waals surface area contributed by atoms with Crippen LogP contribution in [0, 0.1) is 11.7 Å². The van der Waals surface area contributed by atoms with Gasteiger partial charge in [0.05, 0.1) is 0 Å². The summed E-state index contributed by atoms with van der Waals surface area (Å²) in [7, 11) is 0. The quantitative estimate of drug-likeness (QED) is 0.487. The molecule has 1 amide bonds. The van der Waals surface area contributed by atoms with E-state index in [1.54, 1.807) is 23.9 Å². The lowest BCUT2D eigenvalue weighted by Gasteiger charge is -2.31. The van der Waals surface area contributed by atoms with Crippen molar-refractivity contribution in [3.05, 3.63) is 68.9 Å². The Balaban J connectivity index is 1.32. The lowest BCUT2D eigenvalue weighted by molar-refractivity contribution is -0.126. The SMILES string of the molecule is O=C(NCCSCc1c(F)cccc1Cl)C1CCN(Cc2cccc(Br)c2)CC1. The molecule has 0 aliphatic carbocycles. The second kappa shape index (κ2) is 11.3. The maximum absolute atomic E-state index is 13.7. The summed E-state index contributed by atoms with van der Waals surface area (Å²) in [4.78, 5) is 14.8. The summed E-state index contributed by atoms with van der Waals surface area (Å²) in [6.45, 7) is 3.38. The van der Waals surface area contributed by atoms with Crippen LogP contribution in [0.1, 0.15) is 24.0 Å². The number of carbonyl (C=O) groups excluding carboxylic acids is 1. The van der Waals surface area contributed by atoms with Crippen molar-refractivity contribution in [1.29, 1.82) is 0 Å². The fourth-order valence-corrected chi connectivity index (χ4v) is 5.13. The molecular weight excluding hydrogens is 475 g/mol. The number of nitrogens with one attached hydrogen (secondary N) is 1. The Hall–Kier alpha value is -1.08. The molecule has 1 fully saturated rings. The van der Waals surface area contributed by atoms with E-state index < -0.39 is 0 Å². The Kier molecular flexibility index (Phi) is 8.85. The molecule has 1 aliphatic rings. The average molecular weight is 500 g/mol. The van der Waals surface area contributed by atoms with E-state index in [-0.39, 0.29) is 17.6 Å². The summed E-state index contributed by atoms with van der Waals surface area (Å²) >= 11 is 11.1. The van der Waals surface area contributed by atoms with E-state index in [0.29, 0.717) is 22.9 Å². The highest BCUT2D eigenvalue weighted by Crippen LogP contribution is 2.24. The molecule has 2 aromatic carbocycles. The Morgan fingerprint density at radius 1 is 1.24 bits per heavy atom. The van der Waals surface area contributed by atoms with Crippen LogP contribution in [0.5, 0.6) is 0 Å². The number of nitrogens with zero attached hydrogens (tertiary/aromatic N) is 1. The molecule has 3 nitrogen and oxygen atoms in total. The first kappa shape index (κ1) is 22.6. The standard InChI is InChI=1S/C22H25BrClFN2OS/c23-18-4-1-3-16(13-18)14-27-10-7-17(8-11-27)22(28)26-9-12-29-15-19-20(24)5-2-6-21(19)25/h1-6,13,17H,7-12,14-15H2,(H,26,28). The van der Waals surface area contributed by atoms with E-state index in [1.807, 2.05) is 6.07 Å². The fourth-order valence-electron chi connectivity index (χ4n) is 3.48. The van der Waals surface area contributed by atoms with E-state index in [2.05, 4.69) is 44.3 Å². The molecule has 0 unspecified atom stereocenters. The van der Waals surface area contributed by atoms with Crippen LogP contribution in [0.2, 0.25) is 5.02 Å². The average Bonchev–Trinajstić information content (AvgIpc) is 2.70. The molecule has 156 valence electrons. The largest absolute Gasteiger partial charge is 0.355 e. The highest BCUT2D eigenvalue weighted by molar-refractivity contribution is 9.10. The first-order valence-corrected chi connectivity index (χ1v) is 12.1. The molecular formula is C22H25BrClFN2OS. The second-order valence-electron chi connectivity index (χ2n) is 7.22. The summed E-state index contributed by atoms with van der Waals surface area (Å²) in [6, 6.07) is 13.1. The Bertz CT molecular complexity index is 810. The Morgan fingerprint density at radius 2 is 2.00 bits per heavy atom. The van der Waals surface area contributed by atoms with Gasteiger partial charge in [0, 0.05) is 45.6 Å². The Labute approximate surface area is 189 Å². The lowest BCUT2D eigenvalue weighted by Crippen LogP contribution is -2.40. The van der Waals surface area contributed by atoms with Gasteiger partial charge in [-0.1, -0.05) is 45.7 Å². The minimum atomic E-state index is -0.274. The van der Waals surface area contributed by atoms with Gasteiger partial charge in [0.1, 0.15) is 5.82 Å². The summed E-state index contributed by atoms with van der Waals surface area (Å²) in [5.41, 5.74) is 1.82. The van der Waals surface area contributed by atoms with Crippen LogP contribution < -0.4 is 5.32 Å². The van der Waals surface area contributed by atoms with Gasteiger partial charge in [-0.25, -0.2) is 4.39 Å². The molecule has 0 aromatic heterocycles. The third kappa shape index (κ3) is 6.99. The van der Waals surface area contributed by atoms with E-state index in [0.717, 1.165) is 42.7 Å². The fraction of sp³-hybridized carbons (Fsp3) is 0.409. The zero-order valence-corrected chi connectivity index (χ0v) is 19.3. The van der Waals surface area contributed by atoms with Crippen molar-refractivity contribution in [3.63, 3.8) is 0 Å². The van der Waals surface area contributed by atoms with Gasteiger partial charge in [-0.3, -0.25) is 9.69 Å². The normalized spacial score (nSPS) is 15.4. The molecule has 1 saturated heterocycles. The smallest absolute Gasteiger partial charge is 0.223 e. The maximum Gasteiger partial charge on any atom is 0.223 e. The van der Waals surface area contributed by atoms with Crippen molar-refractivity contribution in [1.82, 2.24) is 10.2 Å². The van der Waals surface area contributed by atoms with Crippen LogP contribution in [0.3, 0.4) is 0 Å². The molecule has 1 aliphatic heterocycles. The number of thioether (sulfide) groups is 1. The summed E-state index contributed by atoms with van der Waals surface area (Å²) in [6.07, 6.45) is 1.77. The monoisotopic (exact) mass is 498 g/mol. The minimum Gasteiger partial charge on any atom is -0.355 e. The number of benzene rings is 2. The molecule has 0 spiro atoms. The maximum atomic E-state index is 13.7. The van der Waals surface area contributed by atoms with Crippen molar-refractivity contribution < 1.29 is 9.18 Å². The molecule has 0 bridgehead atoms. The third-order valence-electron chi connectivity index (χ3n) is 5.11. The molecule has 0 radical (unpaired) electrons. The molecule has 7 heteroatoms. The third-order valence-corrected chi connectivity index (χ3v) is 6.94. The second-order valence-corrected chi connectivity index (χ2v) is 9.65. The van der Waals surface area contributed by atoms with Gasteiger partial charge < -0.3 is 5.32 Å².